The van der Waals surface area contributed by atoms with Gasteiger partial charge in [-0.2, -0.15) is 0 Å². The molecule has 0 fully saturated rings. The highest BCUT2D eigenvalue weighted by molar-refractivity contribution is 5.75. The molecule has 1 atom stereocenters. The molecule has 84 valence electrons. The number of carbonyl (C=O) groups excluding carboxylic acids is 1. The predicted molar refractivity (Wildman–Crippen MR) is 59.1 cm³/mol. The van der Waals surface area contributed by atoms with Gasteiger partial charge in [-0.1, -0.05) is 0 Å². The first-order valence-electron chi connectivity index (χ1n) is 5.21. The summed E-state index contributed by atoms with van der Waals surface area (Å²) in [5, 5.41) is 2.61. The minimum atomic E-state index is 0.116. The van der Waals surface area contributed by atoms with Crippen LogP contribution in [0.2, 0.25) is 0 Å². The molecule has 0 aromatic carbocycles. The Hall–Kier alpha value is -0.610. The molecular formula is C10H23N3O. The molecule has 0 radical (unpaired) electrons. The Kier molecular flexibility index (Phi) is 7.42. The van der Waals surface area contributed by atoms with E-state index >= 15 is 0 Å². The molecule has 0 saturated heterocycles. The third-order valence-corrected chi connectivity index (χ3v) is 2.19. The highest BCUT2D eigenvalue weighted by Crippen LogP contribution is 1.95. The summed E-state index contributed by atoms with van der Waals surface area (Å²) in [5.74, 6) is 0.116. The third-order valence-electron chi connectivity index (χ3n) is 2.19. The van der Waals surface area contributed by atoms with Gasteiger partial charge < -0.3 is 16.0 Å². The minimum absolute atomic E-state index is 0.116. The van der Waals surface area contributed by atoms with E-state index in [1.807, 2.05) is 6.92 Å². The Labute approximate surface area is 86.8 Å². The molecule has 4 heteroatoms. The van der Waals surface area contributed by atoms with Crippen LogP contribution in [0.15, 0.2) is 0 Å². The van der Waals surface area contributed by atoms with Gasteiger partial charge in [-0.3, -0.25) is 4.79 Å². The average Bonchev–Trinajstić information content (AvgIpc) is 2.14. The summed E-state index contributed by atoms with van der Waals surface area (Å²) in [4.78, 5) is 13.1. The number of hydrogen-bond acceptors (Lipinski definition) is 3. The molecule has 0 aliphatic rings. The van der Waals surface area contributed by atoms with Crippen LogP contribution in [0.1, 0.15) is 26.2 Å². The number of nitrogens with two attached hydrogens (primary N) is 1. The number of nitrogens with zero attached hydrogens (tertiary/aromatic N) is 1. The molecular weight excluding hydrogens is 178 g/mol. The van der Waals surface area contributed by atoms with Crippen LogP contribution < -0.4 is 11.1 Å². The standard InChI is InChI=1S/C10H23N3O/c1-9(11)6-8-13(3)7-4-5-10(14)12-2/h9H,4-8,11H2,1-3H3,(H,12,14). The van der Waals surface area contributed by atoms with Crippen molar-refractivity contribution in [3.63, 3.8) is 0 Å². The van der Waals surface area contributed by atoms with E-state index in [-0.39, 0.29) is 11.9 Å². The Morgan fingerprint density at radius 1 is 1.50 bits per heavy atom. The first kappa shape index (κ1) is 13.4. The first-order chi connectivity index (χ1) is 6.56. The van der Waals surface area contributed by atoms with Gasteiger partial charge in [0.05, 0.1) is 0 Å². The number of rotatable bonds is 7. The van der Waals surface area contributed by atoms with Crippen LogP contribution in [0.25, 0.3) is 0 Å². The molecule has 0 heterocycles. The molecule has 1 amide bonds. The zero-order valence-electron chi connectivity index (χ0n) is 9.55. The molecule has 0 aromatic heterocycles. The molecule has 0 aliphatic carbocycles. The topological polar surface area (TPSA) is 58.4 Å². The Balaban J connectivity index is 3.35. The summed E-state index contributed by atoms with van der Waals surface area (Å²) in [7, 11) is 3.73. The smallest absolute Gasteiger partial charge is 0.219 e. The molecule has 0 aliphatic heterocycles. The summed E-state index contributed by atoms with van der Waals surface area (Å²) in [6.45, 7) is 3.98. The maximum absolute atomic E-state index is 10.9. The predicted octanol–water partition coefficient (Wildman–Crippen LogP) is 0.182. The van der Waals surface area contributed by atoms with Crippen LogP contribution in [-0.4, -0.2) is 44.0 Å². The van der Waals surface area contributed by atoms with Gasteiger partial charge in [0.2, 0.25) is 5.91 Å². The number of nitrogens with one attached hydrogen (secondary N) is 1. The number of amides is 1. The maximum Gasteiger partial charge on any atom is 0.219 e. The zero-order valence-corrected chi connectivity index (χ0v) is 9.55. The van der Waals surface area contributed by atoms with Crippen molar-refractivity contribution < 1.29 is 4.79 Å². The van der Waals surface area contributed by atoms with Crippen molar-refractivity contribution in [2.45, 2.75) is 32.2 Å². The average molecular weight is 201 g/mol. The molecule has 0 spiro atoms. The highest BCUT2D eigenvalue weighted by atomic mass is 16.1. The summed E-state index contributed by atoms with van der Waals surface area (Å²) in [6, 6.07) is 0.261. The first-order valence-corrected chi connectivity index (χ1v) is 5.21. The SMILES string of the molecule is CNC(=O)CCCN(C)CCC(C)N. The van der Waals surface area contributed by atoms with Gasteiger partial charge in [-0.15, -0.1) is 0 Å². The van der Waals surface area contributed by atoms with Crippen molar-refractivity contribution in [1.29, 1.82) is 0 Å². The van der Waals surface area contributed by atoms with E-state index < -0.39 is 0 Å². The fourth-order valence-electron chi connectivity index (χ4n) is 1.17. The summed E-state index contributed by atoms with van der Waals surface area (Å²) in [6.07, 6.45) is 2.53. The van der Waals surface area contributed by atoms with E-state index in [0.29, 0.717) is 6.42 Å². The van der Waals surface area contributed by atoms with Gasteiger partial charge in [0.15, 0.2) is 0 Å². The van der Waals surface area contributed by atoms with Crippen LogP contribution in [0.4, 0.5) is 0 Å². The lowest BCUT2D eigenvalue weighted by atomic mass is 10.2. The molecule has 4 nitrogen and oxygen atoms in total. The van der Waals surface area contributed by atoms with Crippen LogP contribution in [0.3, 0.4) is 0 Å². The monoisotopic (exact) mass is 201 g/mol. The quantitative estimate of drug-likeness (QED) is 0.618. The van der Waals surface area contributed by atoms with Gasteiger partial charge in [0, 0.05) is 19.5 Å². The van der Waals surface area contributed by atoms with Gasteiger partial charge in [0.25, 0.3) is 0 Å². The van der Waals surface area contributed by atoms with E-state index in [1.165, 1.54) is 0 Å². The summed E-state index contributed by atoms with van der Waals surface area (Å²) < 4.78 is 0. The second-order valence-electron chi connectivity index (χ2n) is 3.85. The van der Waals surface area contributed by atoms with E-state index in [1.54, 1.807) is 7.05 Å². The van der Waals surface area contributed by atoms with Crippen molar-refractivity contribution in [2.24, 2.45) is 5.73 Å². The molecule has 1 unspecified atom stereocenters. The second-order valence-corrected chi connectivity index (χ2v) is 3.85. The fraction of sp³-hybridized carbons (Fsp3) is 0.900. The largest absolute Gasteiger partial charge is 0.359 e. The molecule has 0 aromatic rings. The molecule has 0 saturated carbocycles. The molecule has 3 N–H and O–H groups in total. The minimum Gasteiger partial charge on any atom is -0.359 e. The van der Waals surface area contributed by atoms with E-state index in [2.05, 4.69) is 17.3 Å². The second kappa shape index (κ2) is 7.76. The summed E-state index contributed by atoms with van der Waals surface area (Å²) in [5.41, 5.74) is 5.65. The fourth-order valence-corrected chi connectivity index (χ4v) is 1.17. The van der Waals surface area contributed by atoms with Crippen molar-refractivity contribution in [3.8, 4) is 0 Å². The van der Waals surface area contributed by atoms with Gasteiger partial charge in [-0.05, 0) is 39.9 Å². The van der Waals surface area contributed by atoms with Crippen LogP contribution in [-0.2, 0) is 4.79 Å². The van der Waals surface area contributed by atoms with Crippen LogP contribution in [0, 0.1) is 0 Å². The van der Waals surface area contributed by atoms with Gasteiger partial charge in [-0.25, -0.2) is 0 Å². The van der Waals surface area contributed by atoms with Gasteiger partial charge >= 0.3 is 0 Å². The Morgan fingerprint density at radius 2 is 2.14 bits per heavy atom. The van der Waals surface area contributed by atoms with Crippen molar-refractivity contribution in [3.05, 3.63) is 0 Å². The number of hydrogen-bond donors (Lipinski definition) is 2. The van der Waals surface area contributed by atoms with E-state index in [4.69, 9.17) is 5.73 Å². The molecule has 0 rings (SSSR count). The van der Waals surface area contributed by atoms with Crippen molar-refractivity contribution >= 4 is 5.91 Å². The Bertz CT molecular complexity index is 159. The molecule has 14 heavy (non-hydrogen) atoms. The lowest BCUT2D eigenvalue weighted by molar-refractivity contribution is -0.120. The lowest BCUT2D eigenvalue weighted by Crippen LogP contribution is -2.27. The Morgan fingerprint density at radius 3 is 2.64 bits per heavy atom. The van der Waals surface area contributed by atoms with E-state index in [0.717, 1.165) is 25.9 Å². The van der Waals surface area contributed by atoms with Crippen molar-refractivity contribution in [1.82, 2.24) is 10.2 Å². The zero-order chi connectivity index (χ0) is 11.0. The number of carbonyl (C=O) groups is 1. The third kappa shape index (κ3) is 8.01. The summed E-state index contributed by atoms with van der Waals surface area (Å²) >= 11 is 0. The van der Waals surface area contributed by atoms with Gasteiger partial charge in [0.1, 0.15) is 0 Å². The molecule has 0 bridgehead atoms. The van der Waals surface area contributed by atoms with Crippen LogP contribution in [0.5, 0.6) is 0 Å². The maximum atomic E-state index is 10.9. The van der Waals surface area contributed by atoms with E-state index in [9.17, 15) is 4.79 Å². The van der Waals surface area contributed by atoms with Crippen molar-refractivity contribution in [2.75, 3.05) is 27.2 Å². The van der Waals surface area contributed by atoms with Crippen LogP contribution >= 0.6 is 0 Å². The normalized spacial score (nSPS) is 12.9. The highest BCUT2D eigenvalue weighted by Gasteiger charge is 2.02. The lowest BCUT2D eigenvalue weighted by Gasteiger charge is -2.17.